The van der Waals surface area contributed by atoms with Crippen molar-refractivity contribution in [1.82, 2.24) is 10.5 Å². The van der Waals surface area contributed by atoms with Crippen LogP contribution < -0.4 is 15.5 Å². The van der Waals surface area contributed by atoms with E-state index in [0.717, 1.165) is 0 Å². The van der Waals surface area contributed by atoms with Crippen LogP contribution in [0.1, 0.15) is 57.4 Å². The molecule has 196 valence electrons. The first-order valence-electron chi connectivity index (χ1n) is 11.9. The smallest absolute Gasteiger partial charge is 0.248 e. The van der Waals surface area contributed by atoms with Gasteiger partial charge in [0.05, 0.1) is 10.7 Å². The number of rotatable bonds is 10. The summed E-state index contributed by atoms with van der Waals surface area (Å²) in [6.45, 7) is 7.45. The van der Waals surface area contributed by atoms with Crippen LogP contribution in [0.5, 0.6) is 0 Å². The van der Waals surface area contributed by atoms with Crippen LogP contribution in [-0.4, -0.2) is 28.4 Å². The predicted octanol–water partition coefficient (Wildman–Crippen LogP) is 6.09. The number of aryl methyl sites for hydroxylation is 1. The van der Waals surface area contributed by atoms with Crippen LogP contribution in [-0.2, 0) is 14.4 Å². The summed E-state index contributed by atoms with van der Waals surface area (Å²) in [7, 11) is 0. The number of aromatic nitrogens is 1. The Bertz CT molecular complexity index is 1270. The second-order valence-electron chi connectivity index (χ2n) is 9.24. The molecule has 2 aromatic carbocycles. The molecule has 0 saturated carbocycles. The number of hydrogen-bond acceptors (Lipinski definition) is 5. The van der Waals surface area contributed by atoms with Gasteiger partial charge in [-0.15, -0.1) is 0 Å². The van der Waals surface area contributed by atoms with E-state index in [4.69, 9.17) is 27.7 Å². The highest BCUT2D eigenvalue weighted by Gasteiger charge is 2.36. The maximum atomic E-state index is 13.8. The van der Waals surface area contributed by atoms with Crippen molar-refractivity contribution in [2.24, 2.45) is 0 Å². The normalized spacial score (nSPS) is 12.1. The fourth-order valence-electron chi connectivity index (χ4n) is 3.62. The summed E-state index contributed by atoms with van der Waals surface area (Å²) < 4.78 is 4.96. The first-order valence-corrected chi connectivity index (χ1v) is 12.6. The Morgan fingerprint density at radius 1 is 1.03 bits per heavy atom. The highest BCUT2D eigenvalue weighted by atomic mass is 35.5. The van der Waals surface area contributed by atoms with E-state index in [1.165, 1.54) is 4.90 Å². The molecule has 0 saturated heterocycles. The molecule has 1 atom stereocenters. The molecule has 0 radical (unpaired) electrons. The van der Waals surface area contributed by atoms with E-state index >= 15 is 0 Å². The van der Waals surface area contributed by atoms with Crippen molar-refractivity contribution in [3.05, 3.63) is 76.0 Å². The minimum Gasteiger partial charge on any atom is -0.360 e. The van der Waals surface area contributed by atoms with Gasteiger partial charge in [0, 0.05) is 35.0 Å². The van der Waals surface area contributed by atoms with Crippen LogP contribution in [0.15, 0.2) is 59.1 Å². The molecule has 8 nitrogen and oxygen atoms in total. The second-order valence-corrected chi connectivity index (χ2v) is 10.1. The van der Waals surface area contributed by atoms with Crippen molar-refractivity contribution < 1.29 is 18.9 Å². The van der Waals surface area contributed by atoms with Crippen molar-refractivity contribution >= 4 is 52.4 Å². The Hall–Kier alpha value is -3.36. The zero-order valence-electron chi connectivity index (χ0n) is 21.2. The van der Waals surface area contributed by atoms with Crippen LogP contribution in [0.2, 0.25) is 10.0 Å². The molecule has 3 aromatic rings. The molecular weight excluding hydrogens is 515 g/mol. The fourth-order valence-corrected chi connectivity index (χ4v) is 4.09. The number of benzene rings is 2. The van der Waals surface area contributed by atoms with Crippen molar-refractivity contribution in [2.75, 3.05) is 10.2 Å². The van der Waals surface area contributed by atoms with Gasteiger partial charge >= 0.3 is 0 Å². The highest BCUT2D eigenvalue weighted by Crippen LogP contribution is 2.36. The fraction of sp³-hybridized carbons (Fsp3) is 0.333. The maximum Gasteiger partial charge on any atom is 0.248 e. The van der Waals surface area contributed by atoms with Gasteiger partial charge in [0.15, 0.2) is 5.82 Å². The van der Waals surface area contributed by atoms with Gasteiger partial charge in [-0.2, -0.15) is 0 Å². The quantitative estimate of drug-likeness (QED) is 0.321. The zero-order chi connectivity index (χ0) is 27.2. The summed E-state index contributed by atoms with van der Waals surface area (Å²) in [5.74, 6) is -0.524. The molecule has 0 aliphatic rings. The van der Waals surface area contributed by atoms with Gasteiger partial charge in [0.2, 0.25) is 17.7 Å². The minimum atomic E-state index is -1.13. The third kappa shape index (κ3) is 7.33. The highest BCUT2D eigenvalue weighted by molar-refractivity contribution is 6.34. The van der Waals surface area contributed by atoms with E-state index in [1.807, 2.05) is 20.8 Å². The van der Waals surface area contributed by atoms with E-state index in [-0.39, 0.29) is 23.7 Å². The van der Waals surface area contributed by atoms with E-state index in [2.05, 4.69) is 15.8 Å². The lowest BCUT2D eigenvalue weighted by Crippen LogP contribution is -2.50. The summed E-state index contributed by atoms with van der Waals surface area (Å²) in [6.07, 6.45) is 0.317. The molecule has 1 aromatic heterocycles. The van der Waals surface area contributed by atoms with Gasteiger partial charge in [0.25, 0.3) is 0 Å². The van der Waals surface area contributed by atoms with Crippen LogP contribution in [0.25, 0.3) is 0 Å². The average molecular weight is 545 g/mol. The van der Waals surface area contributed by atoms with Crippen molar-refractivity contribution in [3.8, 4) is 0 Å². The molecule has 0 spiro atoms. The van der Waals surface area contributed by atoms with Gasteiger partial charge in [-0.1, -0.05) is 65.6 Å². The van der Waals surface area contributed by atoms with Crippen LogP contribution in [0.3, 0.4) is 0 Å². The van der Waals surface area contributed by atoms with Gasteiger partial charge in [0.1, 0.15) is 11.8 Å². The lowest BCUT2D eigenvalue weighted by Gasteiger charge is -2.35. The van der Waals surface area contributed by atoms with E-state index in [1.54, 1.807) is 61.5 Å². The van der Waals surface area contributed by atoms with E-state index < -0.39 is 29.3 Å². The van der Waals surface area contributed by atoms with Gasteiger partial charge in [-0.05, 0) is 45.4 Å². The summed E-state index contributed by atoms with van der Waals surface area (Å²) >= 11 is 13.0. The molecule has 37 heavy (non-hydrogen) atoms. The Morgan fingerprint density at radius 2 is 1.68 bits per heavy atom. The lowest BCUT2D eigenvalue weighted by molar-refractivity contribution is -0.128. The molecule has 10 heteroatoms. The lowest BCUT2D eigenvalue weighted by atomic mass is 9.98. The van der Waals surface area contributed by atoms with E-state index in [9.17, 15) is 14.4 Å². The Labute approximate surface area is 226 Å². The molecular formula is C27H30Cl2N4O4. The molecule has 3 rings (SSSR count). The Balaban J connectivity index is 1.99. The minimum absolute atomic E-state index is 0.150. The van der Waals surface area contributed by atoms with Crippen LogP contribution >= 0.6 is 23.2 Å². The molecule has 2 N–H and O–H groups in total. The first kappa shape index (κ1) is 28.2. The topological polar surface area (TPSA) is 105 Å². The molecule has 0 fully saturated rings. The Morgan fingerprint density at radius 3 is 2.27 bits per heavy atom. The number of amides is 3. The largest absolute Gasteiger partial charge is 0.360 e. The molecule has 1 heterocycles. The number of nitrogens with zero attached hydrogens (tertiary/aromatic N) is 2. The first-order chi connectivity index (χ1) is 17.5. The number of para-hydroxylation sites is 1. The standard InChI is InChI=1S/C27H30Cl2N4O4/c1-5-27(3,4)31-26(36)25(18-10-6-7-11-19(18)28)33(21-13-9-8-12-20(21)29)24(35)15-14-23(34)30-22-16-17(2)37-32-22/h6-13,16,25H,5,14-15H2,1-4H3,(H,31,36)(H,30,32,34). The van der Waals surface area contributed by atoms with Crippen LogP contribution in [0.4, 0.5) is 11.5 Å². The van der Waals surface area contributed by atoms with Gasteiger partial charge < -0.3 is 15.2 Å². The number of anilines is 2. The summed E-state index contributed by atoms with van der Waals surface area (Å²) in [5.41, 5.74) is 0.224. The molecule has 0 aliphatic heterocycles. The zero-order valence-corrected chi connectivity index (χ0v) is 22.7. The summed E-state index contributed by atoms with van der Waals surface area (Å²) in [4.78, 5) is 41.4. The number of hydrogen-bond donors (Lipinski definition) is 2. The molecule has 1 unspecified atom stereocenters. The Kier molecular flexibility index (Phi) is 9.34. The number of carbonyl (C=O) groups excluding carboxylic acids is 3. The van der Waals surface area contributed by atoms with Crippen molar-refractivity contribution in [3.63, 3.8) is 0 Å². The second kappa shape index (κ2) is 12.3. The SMILES string of the molecule is CCC(C)(C)NC(=O)C(c1ccccc1Cl)N(C(=O)CCC(=O)Nc1cc(C)on1)c1ccccc1Cl. The third-order valence-electron chi connectivity index (χ3n) is 5.89. The monoisotopic (exact) mass is 544 g/mol. The average Bonchev–Trinajstić information content (AvgIpc) is 3.26. The number of halogens is 2. The molecule has 0 bridgehead atoms. The van der Waals surface area contributed by atoms with Gasteiger partial charge in [-0.25, -0.2) is 0 Å². The molecule has 3 amide bonds. The maximum absolute atomic E-state index is 13.8. The van der Waals surface area contributed by atoms with Gasteiger partial charge in [-0.3, -0.25) is 19.3 Å². The third-order valence-corrected chi connectivity index (χ3v) is 6.56. The van der Waals surface area contributed by atoms with Crippen LogP contribution in [0, 0.1) is 6.92 Å². The number of carbonyl (C=O) groups is 3. The molecule has 0 aliphatic carbocycles. The van der Waals surface area contributed by atoms with E-state index in [0.29, 0.717) is 28.5 Å². The van der Waals surface area contributed by atoms with Crippen molar-refractivity contribution in [1.29, 1.82) is 0 Å². The predicted molar refractivity (Wildman–Crippen MR) is 145 cm³/mol. The summed E-state index contributed by atoms with van der Waals surface area (Å²) in [6, 6.07) is 14.0. The summed E-state index contributed by atoms with van der Waals surface area (Å²) in [5, 5.41) is 9.95. The number of nitrogens with one attached hydrogen (secondary N) is 2. The van der Waals surface area contributed by atoms with Crippen molar-refractivity contribution in [2.45, 2.75) is 58.5 Å².